The van der Waals surface area contributed by atoms with Crippen molar-refractivity contribution in [2.75, 3.05) is 36.4 Å². The number of hydrogen-bond donors (Lipinski definition) is 1. The Morgan fingerprint density at radius 1 is 1.03 bits per heavy atom. The third-order valence-corrected chi connectivity index (χ3v) is 8.04. The van der Waals surface area contributed by atoms with Gasteiger partial charge in [0, 0.05) is 26.2 Å². The van der Waals surface area contributed by atoms with E-state index < -0.39 is 15.9 Å². The van der Waals surface area contributed by atoms with Gasteiger partial charge in [-0.15, -0.1) is 5.10 Å². The third-order valence-electron chi connectivity index (χ3n) is 5.99. The maximum atomic E-state index is 13.2. The number of anilines is 2. The van der Waals surface area contributed by atoms with Gasteiger partial charge in [-0.2, -0.15) is 14.2 Å². The van der Waals surface area contributed by atoms with Crippen molar-refractivity contribution in [3.05, 3.63) is 59.9 Å². The first kappa shape index (κ1) is 23.9. The minimum atomic E-state index is -3.67. The standard InChI is InChI=1S/C24H30N6O3S/c1-4-29(5-2)34(32,33)20-13-14-22(28-15-9-10-16-28)21(17-20)25-24(31)23-18(3)26-30(27-23)19-11-7-6-8-12-19/h6-8,11-14,17H,4-5,9-10,15-16H2,1-3H3,(H,25,31). The van der Waals surface area contributed by atoms with Gasteiger partial charge in [0.25, 0.3) is 5.91 Å². The molecule has 180 valence electrons. The van der Waals surface area contributed by atoms with Gasteiger partial charge in [0.1, 0.15) is 0 Å². The van der Waals surface area contributed by atoms with Gasteiger partial charge in [0.15, 0.2) is 5.69 Å². The molecule has 2 heterocycles. The van der Waals surface area contributed by atoms with Crippen LogP contribution in [0.5, 0.6) is 0 Å². The number of carbonyl (C=O) groups excluding carboxylic acids is 1. The lowest BCUT2D eigenvalue weighted by molar-refractivity contribution is 0.102. The summed E-state index contributed by atoms with van der Waals surface area (Å²) >= 11 is 0. The number of carbonyl (C=O) groups is 1. The molecule has 1 aromatic heterocycles. The first-order valence-electron chi connectivity index (χ1n) is 11.5. The Morgan fingerprint density at radius 2 is 1.71 bits per heavy atom. The first-order chi connectivity index (χ1) is 16.3. The van der Waals surface area contributed by atoms with Gasteiger partial charge >= 0.3 is 0 Å². The first-order valence-corrected chi connectivity index (χ1v) is 13.0. The van der Waals surface area contributed by atoms with E-state index in [1.165, 1.54) is 9.10 Å². The number of amides is 1. The molecule has 1 aliphatic heterocycles. The molecule has 2 aromatic carbocycles. The Hall–Kier alpha value is -3.24. The Bertz CT molecular complexity index is 1260. The van der Waals surface area contributed by atoms with Gasteiger partial charge in [0.2, 0.25) is 10.0 Å². The predicted octanol–water partition coefficient (Wildman–Crippen LogP) is 3.46. The maximum absolute atomic E-state index is 13.2. The zero-order valence-corrected chi connectivity index (χ0v) is 20.5. The summed E-state index contributed by atoms with van der Waals surface area (Å²) in [6.07, 6.45) is 2.11. The molecule has 4 rings (SSSR count). The second-order valence-electron chi connectivity index (χ2n) is 8.18. The molecule has 1 amide bonds. The molecular formula is C24H30N6O3S. The summed E-state index contributed by atoms with van der Waals surface area (Å²) in [6, 6.07) is 14.3. The van der Waals surface area contributed by atoms with Gasteiger partial charge in [-0.05, 0) is 50.1 Å². The lowest BCUT2D eigenvalue weighted by Gasteiger charge is -2.24. The van der Waals surface area contributed by atoms with Crippen LogP contribution >= 0.6 is 0 Å². The van der Waals surface area contributed by atoms with E-state index in [2.05, 4.69) is 20.4 Å². The molecule has 1 saturated heterocycles. The van der Waals surface area contributed by atoms with Gasteiger partial charge < -0.3 is 10.2 Å². The highest BCUT2D eigenvalue weighted by Crippen LogP contribution is 2.32. The topological polar surface area (TPSA) is 100 Å². The van der Waals surface area contributed by atoms with E-state index in [1.54, 1.807) is 39.0 Å². The summed E-state index contributed by atoms with van der Waals surface area (Å²) in [4.78, 5) is 17.0. The minimum absolute atomic E-state index is 0.152. The molecule has 0 bridgehead atoms. The maximum Gasteiger partial charge on any atom is 0.278 e. The molecular weight excluding hydrogens is 452 g/mol. The largest absolute Gasteiger partial charge is 0.370 e. The molecule has 34 heavy (non-hydrogen) atoms. The number of sulfonamides is 1. The van der Waals surface area contributed by atoms with Crippen LogP contribution in [0.25, 0.3) is 5.69 Å². The third kappa shape index (κ3) is 4.69. The Balaban J connectivity index is 1.70. The molecule has 0 radical (unpaired) electrons. The molecule has 0 aliphatic carbocycles. The van der Waals surface area contributed by atoms with E-state index in [4.69, 9.17) is 0 Å². The number of para-hydroxylation sites is 1. The Labute approximate surface area is 200 Å². The van der Waals surface area contributed by atoms with Crippen LogP contribution in [-0.2, 0) is 10.0 Å². The van der Waals surface area contributed by atoms with E-state index in [-0.39, 0.29) is 10.6 Å². The number of hydrogen-bond acceptors (Lipinski definition) is 6. The summed E-state index contributed by atoms with van der Waals surface area (Å²) in [7, 11) is -3.67. The molecule has 1 N–H and O–H groups in total. The second-order valence-corrected chi connectivity index (χ2v) is 10.1. The van der Waals surface area contributed by atoms with Crippen LogP contribution in [0.15, 0.2) is 53.4 Å². The van der Waals surface area contributed by atoms with E-state index in [0.717, 1.165) is 37.3 Å². The van der Waals surface area contributed by atoms with Crippen LogP contribution in [0.3, 0.4) is 0 Å². The van der Waals surface area contributed by atoms with Crippen molar-refractivity contribution in [2.24, 2.45) is 0 Å². The van der Waals surface area contributed by atoms with Crippen molar-refractivity contribution in [1.82, 2.24) is 19.3 Å². The summed E-state index contributed by atoms with van der Waals surface area (Å²) in [5.41, 5.74) is 2.67. The molecule has 0 atom stereocenters. The van der Waals surface area contributed by atoms with E-state index in [0.29, 0.717) is 24.5 Å². The average molecular weight is 483 g/mol. The fourth-order valence-corrected chi connectivity index (χ4v) is 5.65. The fraction of sp³-hybridized carbons (Fsp3) is 0.375. The number of aryl methyl sites for hydroxylation is 1. The molecule has 9 nitrogen and oxygen atoms in total. The molecule has 0 spiro atoms. The van der Waals surface area contributed by atoms with Gasteiger partial charge in [-0.25, -0.2) is 8.42 Å². The Kier molecular flexibility index (Phi) is 6.99. The molecule has 1 fully saturated rings. The molecule has 10 heteroatoms. The van der Waals surface area contributed by atoms with Crippen molar-refractivity contribution in [2.45, 2.75) is 38.5 Å². The average Bonchev–Trinajstić information content (AvgIpc) is 3.50. The number of nitrogens with zero attached hydrogens (tertiary/aromatic N) is 5. The smallest absolute Gasteiger partial charge is 0.278 e. The van der Waals surface area contributed by atoms with E-state index in [1.807, 2.05) is 30.3 Å². The summed E-state index contributed by atoms with van der Waals surface area (Å²) < 4.78 is 27.6. The minimum Gasteiger partial charge on any atom is -0.370 e. The molecule has 3 aromatic rings. The number of benzene rings is 2. The fourth-order valence-electron chi connectivity index (χ4n) is 4.17. The second kappa shape index (κ2) is 9.94. The van der Waals surface area contributed by atoms with Crippen LogP contribution in [0.2, 0.25) is 0 Å². The highest BCUT2D eigenvalue weighted by atomic mass is 32.2. The molecule has 0 unspecified atom stereocenters. The van der Waals surface area contributed by atoms with Crippen molar-refractivity contribution in [3.63, 3.8) is 0 Å². The lowest BCUT2D eigenvalue weighted by atomic mass is 10.2. The SMILES string of the molecule is CCN(CC)S(=O)(=O)c1ccc(N2CCCC2)c(NC(=O)c2nn(-c3ccccc3)nc2C)c1. The van der Waals surface area contributed by atoms with Gasteiger partial charge in [0.05, 0.1) is 27.7 Å². The number of aromatic nitrogens is 3. The van der Waals surface area contributed by atoms with Crippen LogP contribution in [-0.4, -0.2) is 59.8 Å². The highest BCUT2D eigenvalue weighted by Gasteiger charge is 2.26. The quantitative estimate of drug-likeness (QED) is 0.528. The van der Waals surface area contributed by atoms with E-state index >= 15 is 0 Å². The van der Waals surface area contributed by atoms with Gasteiger partial charge in [-0.3, -0.25) is 4.79 Å². The van der Waals surface area contributed by atoms with Crippen molar-refractivity contribution in [1.29, 1.82) is 0 Å². The summed E-state index contributed by atoms with van der Waals surface area (Å²) in [5.74, 6) is -0.433. The van der Waals surface area contributed by atoms with E-state index in [9.17, 15) is 13.2 Å². The number of rotatable bonds is 8. The zero-order chi connectivity index (χ0) is 24.3. The van der Waals surface area contributed by atoms with Crippen molar-refractivity contribution < 1.29 is 13.2 Å². The predicted molar refractivity (Wildman–Crippen MR) is 132 cm³/mol. The summed E-state index contributed by atoms with van der Waals surface area (Å²) in [6.45, 7) is 7.79. The van der Waals surface area contributed by atoms with Crippen LogP contribution in [0, 0.1) is 6.92 Å². The number of nitrogens with one attached hydrogen (secondary N) is 1. The highest BCUT2D eigenvalue weighted by molar-refractivity contribution is 7.89. The van der Waals surface area contributed by atoms with Gasteiger partial charge in [-0.1, -0.05) is 32.0 Å². The monoisotopic (exact) mass is 482 g/mol. The van der Waals surface area contributed by atoms with Crippen LogP contribution < -0.4 is 10.2 Å². The van der Waals surface area contributed by atoms with Crippen molar-refractivity contribution in [3.8, 4) is 5.69 Å². The normalized spacial score (nSPS) is 14.1. The molecule has 1 aliphatic rings. The zero-order valence-electron chi connectivity index (χ0n) is 19.7. The summed E-state index contributed by atoms with van der Waals surface area (Å²) in [5, 5.41) is 11.7. The van der Waals surface area contributed by atoms with Crippen LogP contribution in [0.4, 0.5) is 11.4 Å². The van der Waals surface area contributed by atoms with Crippen molar-refractivity contribution >= 4 is 27.3 Å². The van der Waals surface area contributed by atoms with Crippen LogP contribution in [0.1, 0.15) is 42.9 Å². The molecule has 0 saturated carbocycles. The lowest BCUT2D eigenvalue weighted by Crippen LogP contribution is -2.31. The Morgan fingerprint density at radius 3 is 2.35 bits per heavy atom.